The largest absolute Gasteiger partial charge is 0.370 e. The summed E-state index contributed by atoms with van der Waals surface area (Å²) in [6.07, 6.45) is 0. The molecule has 1 heterocycles. The van der Waals surface area contributed by atoms with Gasteiger partial charge in [0, 0.05) is 10.6 Å². The van der Waals surface area contributed by atoms with E-state index in [0.717, 1.165) is 44.4 Å². The summed E-state index contributed by atoms with van der Waals surface area (Å²) >= 11 is 6.11. The summed E-state index contributed by atoms with van der Waals surface area (Å²) in [6, 6.07) is 8.07. The summed E-state index contributed by atoms with van der Waals surface area (Å²) in [5, 5.41) is 3.21. The van der Waals surface area contributed by atoms with Crippen molar-refractivity contribution in [2.45, 2.75) is 6.54 Å². The Kier molecular flexibility index (Phi) is 5.26. The lowest BCUT2D eigenvalue weighted by molar-refractivity contribution is -0.920. The van der Waals surface area contributed by atoms with Crippen LogP contribution in [-0.2, 0) is 11.3 Å². The predicted octanol–water partition coefficient (Wildman–Crippen LogP) is -0.681. The second-order valence-corrected chi connectivity index (χ2v) is 4.89. The molecule has 0 amide bonds. The molecule has 0 aliphatic carbocycles. The molecule has 0 saturated carbocycles. The average molecular weight is 257 g/mol. The minimum Gasteiger partial charge on any atom is -0.370 e. The topological polar surface area (TPSA) is 30.3 Å². The van der Waals surface area contributed by atoms with Crippen LogP contribution in [0.2, 0.25) is 5.02 Å². The van der Waals surface area contributed by atoms with E-state index in [2.05, 4.69) is 11.4 Å². The number of nitrogens with two attached hydrogens (primary N) is 1. The van der Waals surface area contributed by atoms with E-state index in [0.29, 0.717) is 0 Å². The van der Waals surface area contributed by atoms with Crippen LogP contribution in [-0.4, -0.2) is 39.4 Å². The normalized spacial score (nSPS) is 17.2. The molecule has 1 aliphatic heterocycles. The predicted molar refractivity (Wildman–Crippen MR) is 68.3 cm³/mol. The van der Waals surface area contributed by atoms with Gasteiger partial charge in [-0.15, -0.1) is 0 Å². The molecule has 1 aromatic rings. The van der Waals surface area contributed by atoms with Crippen molar-refractivity contribution in [2.75, 3.05) is 39.4 Å². The molecule has 17 heavy (non-hydrogen) atoms. The molecule has 2 rings (SSSR count). The Morgan fingerprint density at radius 2 is 2.00 bits per heavy atom. The van der Waals surface area contributed by atoms with Crippen LogP contribution in [0.25, 0.3) is 0 Å². The van der Waals surface area contributed by atoms with E-state index in [-0.39, 0.29) is 0 Å². The van der Waals surface area contributed by atoms with Crippen molar-refractivity contribution < 1.29 is 15.0 Å². The van der Waals surface area contributed by atoms with Crippen LogP contribution in [0.15, 0.2) is 24.3 Å². The van der Waals surface area contributed by atoms with Gasteiger partial charge >= 0.3 is 0 Å². The molecule has 3 N–H and O–H groups in total. The van der Waals surface area contributed by atoms with Crippen molar-refractivity contribution in [3.05, 3.63) is 34.9 Å². The summed E-state index contributed by atoms with van der Waals surface area (Å²) in [5.74, 6) is 0. The highest BCUT2D eigenvalue weighted by atomic mass is 35.5. The molecule has 4 heteroatoms. The van der Waals surface area contributed by atoms with Crippen LogP contribution in [0.1, 0.15) is 5.56 Å². The first-order valence-electron chi connectivity index (χ1n) is 6.32. The van der Waals surface area contributed by atoms with Crippen LogP contribution in [0, 0.1) is 0 Å². The zero-order chi connectivity index (χ0) is 11.9. The van der Waals surface area contributed by atoms with E-state index in [1.165, 1.54) is 12.1 Å². The van der Waals surface area contributed by atoms with E-state index in [1.54, 1.807) is 4.90 Å². The van der Waals surface area contributed by atoms with Gasteiger partial charge in [-0.25, -0.2) is 0 Å². The van der Waals surface area contributed by atoms with Crippen molar-refractivity contribution in [3.63, 3.8) is 0 Å². The SMILES string of the molecule is Clc1ccccc1C[NH2+]CC[NH+]1CCOCC1. The zero-order valence-electron chi connectivity index (χ0n) is 10.1. The Labute approximate surface area is 108 Å². The Bertz CT molecular complexity index is 340. The highest BCUT2D eigenvalue weighted by molar-refractivity contribution is 6.31. The number of quaternary nitrogens is 2. The molecule has 94 valence electrons. The number of nitrogens with one attached hydrogen (secondary N) is 1. The molecule has 3 nitrogen and oxygen atoms in total. The highest BCUT2D eigenvalue weighted by Crippen LogP contribution is 2.12. The number of halogens is 1. The highest BCUT2D eigenvalue weighted by Gasteiger charge is 2.13. The van der Waals surface area contributed by atoms with Crippen molar-refractivity contribution >= 4 is 11.6 Å². The standard InChI is InChI=1S/C13H19ClN2O/c14-13-4-2-1-3-12(13)11-15-5-6-16-7-9-17-10-8-16/h1-4,15H,5-11H2/p+2. The number of morpholine rings is 1. The average Bonchev–Trinajstić information content (AvgIpc) is 2.38. The van der Waals surface area contributed by atoms with Gasteiger partial charge in [0.25, 0.3) is 0 Å². The molecule has 1 saturated heterocycles. The fourth-order valence-corrected chi connectivity index (χ4v) is 2.35. The summed E-state index contributed by atoms with van der Waals surface area (Å²) in [4.78, 5) is 1.66. The van der Waals surface area contributed by atoms with E-state index in [4.69, 9.17) is 16.3 Å². The molecular weight excluding hydrogens is 236 g/mol. The molecule has 1 aromatic carbocycles. The molecule has 0 spiro atoms. The molecule has 1 fully saturated rings. The fraction of sp³-hybridized carbons (Fsp3) is 0.538. The first-order valence-corrected chi connectivity index (χ1v) is 6.70. The van der Waals surface area contributed by atoms with Gasteiger partial charge in [-0.2, -0.15) is 0 Å². The van der Waals surface area contributed by atoms with Crippen LogP contribution < -0.4 is 10.2 Å². The van der Waals surface area contributed by atoms with E-state index >= 15 is 0 Å². The summed E-state index contributed by atoms with van der Waals surface area (Å²) in [7, 11) is 0. The van der Waals surface area contributed by atoms with E-state index in [9.17, 15) is 0 Å². The third-order valence-electron chi connectivity index (χ3n) is 3.22. The van der Waals surface area contributed by atoms with Crippen molar-refractivity contribution in [1.82, 2.24) is 0 Å². The lowest BCUT2D eigenvalue weighted by atomic mass is 10.2. The first-order chi connectivity index (χ1) is 8.36. The van der Waals surface area contributed by atoms with Crippen LogP contribution in [0.4, 0.5) is 0 Å². The molecule has 0 bridgehead atoms. The number of benzene rings is 1. The van der Waals surface area contributed by atoms with E-state index < -0.39 is 0 Å². The minimum atomic E-state index is 0.877. The smallest absolute Gasteiger partial charge is 0.127 e. The maximum Gasteiger partial charge on any atom is 0.127 e. The van der Waals surface area contributed by atoms with Crippen LogP contribution in [0.5, 0.6) is 0 Å². The molecular formula is C13H21ClN2O+2. The van der Waals surface area contributed by atoms with Crippen molar-refractivity contribution in [1.29, 1.82) is 0 Å². The van der Waals surface area contributed by atoms with E-state index in [1.807, 2.05) is 18.2 Å². The maximum atomic E-state index is 6.11. The van der Waals surface area contributed by atoms with Gasteiger partial charge < -0.3 is 15.0 Å². The van der Waals surface area contributed by atoms with Crippen molar-refractivity contribution in [2.24, 2.45) is 0 Å². The molecule has 0 aromatic heterocycles. The number of rotatable bonds is 5. The third-order valence-corrected chi connectivity index (χ3v) is 3.59. The summed E-state index contributed by atoms with van der Waals surface area (Å²) in [6.45, 7) is 7.48. The lowest BCUT2D eigenvalue weighted by Gasteiger charge is -2.22. The second-order valence-electron chi connectivity index (χ2n) is 4.49. The number of ether oxygens (including phenoxy) is 1. The maximum absolute atomic E-state index is 6.11. The monoisotopic (exact) mass is 256 g/mol. The summed E-state index contributed by atoms with van der Waals surface area (Å²) in [5.41, 5.74) is 1.23. The first kappa shape index (κ1) is 12.8. The van der Waals surface area contributed by atoms with Gasteiger partial charge in [0.1, 0.15) is 32.7 Å². The van der Waals surface area contributed by atoms with Gasteiger partial charge in [-0.1, -0.05) is 29.8 Å². The zero-order valence-corrected chi connectivity index (χ0v) is 10.9. The molecule has 0 atom stereocenters. The van der Waals surface area contributed by atoms with Crippen molar-refractivity contribution in [3.8, 4) is 0 Å². The van der Waals surface area contributed by atoms with Gasteiger partial charge in [0.15, 0.2) is 0 Å². The van der Waals surface area contributed by atoms with Crippen LogP contribution >= 0.6 is 11.6 Å². The Hall–Kier alpha value is -0.610. The fourth-order valence-electron chi connectivity index (χ4n) is 2.14. The molecule has 0 radical (unpaired) electrons. The second kappa shape index (κ2) is 6.97. The lowest BCUT2D eigenvalue weighted by Crippen LogP contribution is -3.16. The Balaban J connectivity index is 1.64. The van der Waals surface area contributed by atoms with Gasteiger partial charge in [0.05, 0.1) is 13.2 Å². The van der Waals surface area contributed by atoms with Crippen LogP contribution in [0.3, 0.4) is 0 Å². The van der Waals surface area contributed by atoms with Gasteiger partial charge in [0.2, 0.25) is 0 Å². The molecule has 0 unspecified atom stereocenters. The van der Waals surface area contributed by atoms with Gasteiger partial charge in [-0.05, 0) is 6.07 Å². The Morgan fingerprint density at radius 1 is 1.24 bits per heavy atom. The molecule has 1 aliphatic rings. The van der Waals surface area contributed by atoms with Gasteiger partial charge in [-0.3, -0.25) is 0 Å². The number of hydrogen-bond acceptors (Lipinski definition) is 1. The quantitative estimate of drug-likeness (QED) is 0.672. The number of hydrogen-bond donors (Lipinski definition) is 2. The minimum absolute atomic E-state index is 0.877. The Morgan fingerprint density at radius 3 is 2.76 bits per heavy atom. The third kappa shape index (κ3) is 4.28. The summed E-state index contributed by atoms with van der Waals surface area (Å²) < 4.78 is 5.34.